The summed E-state index contributed by atoms with van der Waals surface area (Å²) in [5.74, 6) is 0. The first-order valence-electron chi connectivity index (χ1n) is 11.1. The predicted octanol–water partition coefficient (Wildman–Crippen LogP) is 4.13. The minimum atomic E-state index is -3.94. The molecule has 4 rings (SSSR count). The summed E-state index contributed by atoms with van der Waals surface area (Å²) in [6, 6.07) is 24.6. The number of nitrogen functional groups attached to an aromatic ring is 2. The fraction of sp³-hybridized carbons (Fsp3) is 0.0769. The smallest absolute Gasteiger partial charge is 0.240 e. The molecule has 0 spiro atoms. The average molecular weight is 557 g/mol. The van der Waals surface area contributed by atoms with Gasteiger partial charge in [-0.3, -0.25) is 0 Å². The van der Waals surface area contributed by atoms with Crippen LogP contribution in [0.15, 0.2) is 101 Å². The average Bonchev–Trinajstić information content (AvgIpc) is 2.87. The monoisotopic (exact) mass is 556 g/mol. The molecule has 0 unspecified atom stereocenters. The number of benzene rings is 4. The molecule has 0 radical (unpaired) electrons. The number of nitrogens with two attached hydrogens (primary N) is 2. The molecule has 0 amide bonds. The Morgan fingerprint density at radius 2 is 1.32 bits per heavy atom. The van der Waals surface area contributed by atoms with Gasteiger partial charge in [0, 0.05) is 35.1 Å². The van der Waals surface area contributed by atoms with Crippen molar-refractivity contribution in [2.24, 2.45) is 0 Å². The maximum atomic E-state index is 13.0. The van der Waals surface area contributed by atoms with Gasteiger partial charge in [0.15, 0.2) is 0 Å². The molecule has 0 bridgehead atoms. The summed E-state index contributed by atoms with van der Waals surface area (Å²) in [6.07, 6.45) is 0. The molecule has 0 heterocycles. The molecule has 4 aromatic carbocycles. The van der Waals surface area contributed by atoms with Crippen molar-refractivity contribution in [1.29, 1.82) is 0 Å². The quantitative estimate of drug-likeness (QED) is 0.228. The van der Waals surface area contributed by atoms with E-state index in [1.807, 2.05) is 30.3 Å². The zero-order valence-corrected chi connectivity index (χ0v) is 21.9. The number of hydrogen-bond donors (Lipinski definition) is 4. The summed E-state index contributed by atoms with van der Waals surface area (Å²) in [5.41, 5.74) is 14.9. The van der Waals surface area contributed by atoms with E-state index in [0.29, 0.717) is 21.7 Å². The van der Waals surface area contributed by atoms with Crippen LogP contribution in [0.5, 0.6) is 0 Å². The van der Waals surface area contributed by atoms with Crippen LogP contribution >= 0.6 is 11.6 Å². The maximum Gasteiger partial charge on any atom is 0.240 e. The minimum Gasteiger partial charge on any atom is -0.399 e. The Balaban J connectivity index is 1.57. The van der Waals surface area contributed by atoms with Gasteiger partial charge >= 0.3 is 0 Å². The zero-order chi connectivity index (χ0) is 26.6. The molecular formula is C26H25ClN4O4S2. The van der Waals surface area contributed by atoms with Gasteiger partial charge in [-0.1, -0.05) is 66.2 Å². The molecule has 6 N–H and O–H groups in total. The Hall–Kier alpha value is -3.41. The number of nitrogens with one attached hydrogen (secondary N) is 2. The molecule has 0 saturated heterocycles. The van der Waals surface area contributed by atoms with Gasteiger partial charge in [0.25, 0.3) is 0 Å². The molecule has 0 aliphatic carbocycles. The number of sulfonamides is 2. The third kappa shape index (κ3) is 6.48. The number of anilines is 2. The molecular weight excluding hydrogens is 532 g/mol. The Bertz CT molecular complexity index is 1640. The van der Waals surface area contributed by atoms with Crippen LogP contribution < -0.4 is 20.9 Å². The molecule has 0 atom stereocenters. The van der Waals surface area contributed by atoms with Crippen molar-refractivity contribution in [3.05, 3.63) is 107 Å². The van der Waals surface area contributed by atoms with Crippen molar-refractivity contribution in [1.82, 2.24) is 9.44 Å². The van der Waals surface area contributed by atoms with Crippen LogP contribution in [0.25, 0.3) is 11.1 Å². The topological polar surface area (TPSA) is 144 Å². The third-order valence-corrected chi connectivity index (χ3v) is 8.75. The first kappa shape index (κ1) is 26.6. The van der Waals surface area contributed by atoms with E-state index in [9.17, 15) is 16.8 Å². The van der Waals surface area contributed by atoms with E-state index in [1.165, 1.54) is 30.3 Å². The summed E-state index contributed by atoms with van der Waals surface area (Å²) >= 11 is 6.13. The van der Waals surface area contributed by atoms with Crippen molar-refractivity contribution in [3.8, 4) is 11.1 Å². The van der Waals surface area contributed by atoms with Crippen molar-refractivity contribution in [2.45, 2.75) is 22.9 Å². The highest BCUT2D eigenvalue weighted by Crippen LogP contribution is 2.32. The number of hydrogen-bond acceptors (Lipinski definition) is 6. The molecule has 37 heavy (non-hydrogen) atoms. The molecule has 0 fully saturated rings. The maximum absolute atomic E-state index is 13.0. The van der Waals surface area contributed by atoms with E-state index in [1.54, 1.807) is 30.3 Å². The summed E-state index contributed by atoms with van der Waals surface area (Å²) in [4.78, 5) is -0.0713. The molecule has 0 aliphatic rings. The van der Waals surface area contributed by atoms with Crippen LogP contribution in [0, 0.1) is 0 Å². The first-order chi connectivity index (χ1) is 17.5. The van der Waals surface area contributed by atoms with Crippen molar-refractivity contribution >= 4 is 43.0 Å². The van der Waals surface area contributed by atoms with Crippen LogP contribution in [0.2, 0.25) is 5.02 Å². The van der Waals surface area contributed by atoms with Crippen LogP contribution in [-0.2, 0) is 33.1 Å². The van der Waals surface area contributed by atoms with Gasteiger partial charge in [0.2, 0.25) is 20.0 Å². The van der Waals surface area contributed by atoms with Gasteiger partial charge in [-0.15, -0.1) is 0 Å². The van der Waals surface area contributed by atoms with Crippen molar-refractivity contribution < 1.29 is 16.8 Å². The largest absolute Gasteiger partial charge is 0.399 e. The van der Waals surface area contributed by atoms with E-state index in [0.717, 1.165) is 5.56 Å². The lowest BCUT2D eigenvalue weighted by Gasteiger charge is -2.13. The highest BCUT2D eigenvalue weighted by atomic mass is 35.5. The fourth-order valence-corrected chi connectivity index (χ4v) is 6.00. The van der Waals surface area contributed by atoms with Gasteiger partial charge < -0.3 is 11.5 Å². The van der Waals surface area contributed by atoms with E-state index in [2.05, 4.69) is 9.44 Å². The molecule has 0 saturated carbocycles. The second-order valence-electron chi connectivity index (χ2n) is 8.27. The van der Waals surface area contributed by atoms with E-state index in [4.69, 9.17) is 23.1 Å². The van der Waals surface area contributed by atoms with E-state index in [-0.39, 0.29) is 34.3 Å². The van der Waals surface area contributed by atoms with E-state index < -0.39 is 20.0 Å². The Kier molecular flexibility index (Phi) is 7.86. The van der Waals surface area contributed by atoms with Crippen LogP contribution in [-0.4, -0.2) is 16.8 Å². The second kappa shape index (κ2) is 10.9. The first-order valence-corrected chi connectivity index (χ1v) is 14.5. The zero-order valence-electron chi connectivity index (χ0n) is 19.6. The molecule has 192 valence electrons. The van der Waals surface area contributed by atoms with Gasteiger partial charge in [-0.25, -0.2) is 26.3 Å². The lowest BCUT2D eigenvalue weighted by atomic mass is 10.0. The number of rotatable bonds is 9. The number of halogens is 1. The highest BCUT2D eigenvalue weighted by molar-refractivity contribution is 7.89. The lowest BCUT2D eigenvalue weighted by Crippen LogP contribution is -2.23. The summed E-state index contributed by atoms with van der Waals surface area (Å²) in [6.45, 7) is 0.124. The van der Waals surface area contributed by atoms with Crippen molar-refractivity contribution in [2.75, 3.05) is 11.5 Å². The van der Waals surface area contributed by atoms with Gasteiger partial charge in [0.1, 0.15) is 0 Å². The Morgan fingerprint density at radius 3 is 2.03 bits per heavy atom. The Morgan fingerprint density at radius 1 is 0.676 bits per heavy atom. The van der Waals surface area contributed by atoms with Crippen LogP contribution in [0.4, 0.5) is 11.4 Å². The van der Waals surface area contributed by atoms with Gasteiger partial charge in [0.05, 0.1) is 9.79 Å². The third-order valence-electron chi connectivity index (χ3n) is 5.60. The molecule has 0 aromatic heterocycles. The van der Waals surface area contributed by atoms with Crippen molar-refractivity contribution in [3.63, 3.8) is 0 Å². The van der Waals surface area contributed by atoms with Gasteiger partial charge in [-0.2, -0.15) is 0 Å². The predicted molar refractivity (Wildman–Crippen MR) is 147 cm³/mol. The fourth-order valence-electron chi connectivity index (χ4n) is 3.66. The molecule has 0 aliphatic heterocycles. The van der Waals surface area contributed by atoms with Crippen LogP contribution in [0.1, 0.15) is 11.1 Å². The Labute approximate surface area is 221 Å². The minimum absolute atomic E-state index is 0.00316. The van der Waals surface area contributed by atoms with Gasteiger partial charge in [-0.05, 0) is 53.1 Å². The SMILES string of the molecule is Nc1cc(-c2ccc(S(=O)(=O)NCc3ccccc3)cc2N)cc(S(=O)(=O)NCc2ccccc2Cl)c1. The lowest BCUT2D eigenvalue weighted by molar-refractivity contribution is 0.580. The standard InChI is InChI=1S/C26H25ClN4O4S2/c27-25-9-5-4-8-19(25)17-31-37(34,35)23-13-20(12-21(28)14-23)24-11-10-22(15-26(24)29)36(32,33)30-16-18-6-2-1-3-7-18/h1-15,30-31H,16-17,28-29H2. The molecule has 11 heteroatoms. The normalized spacial score (nSPS) is 11.9. The summed E-state index contributed by atoms with van der Waals surface area (Å²) in [5, 5.41) is 0.444. The highest BCUT2D eigenvalue weighted by Gasteiger charge is 2.19. The molecule has 4 aromatic rings. The summed E-state index contributed by atoms with van der Waals surface area (Å²) in [7, 11) is -7.77. The summed E-state index contributed by atoms with van der Waals surface area (Å²) < 4.78 is 56.6. The van der Waals surface area contributed by atoms with Crippen LogP contribution in [0.3, 0.4) is 0 Å². The molecule has 8 nitrogen and oxygen atoms in total. The van der Waals surface area contributed by atoms with E-state index >= 15 is 0 Å². The second-order valence-corrected chi connectivity index (χ2v) is 12.2.